The standard InChI is InChI=1S/C13H18BrN3O/c1-8-4-3-7-15-12(8)13(18)17-10-5-6-11(14)16-9(10)2/h5-6,8,12,15H,3-4,7H2,1-2H3,(H,17,18). The number of anilines is 1. The molecule has 0 aliphatic carbocycles. The summed E-state index contributed by atoms with van der Waals surface area (Å²) in [5.74, 6) is 0.414. The van der Waals surface area contributed by atoms with Crippen LogP contribution in [0.25, 0.3) is 0 Å². The van der Waals surface area contributed by atoms with E-state index in [0.717, 1.165) is 35.4 Å². The average Bonchev–Trinajstić information content (AvgIpc) is 2.33. The van der Waals surface area contributed by atoms with E-state index in [2.05, 4.69) is 38.5 Å². The predicted molar refractivity (Wildman–Crippen MR) is 75.5 cm³/mol. The summed E-state index contributed by atoms with van der Waals surface area (Å²) in [6.45, 7) is 4.92. The molecule has 2 N–H and O–H groups in total. The molecule has 1 aliphatic rings. The van der Waals surface area contributed by atoms with Crippen molar-refractivity contribution < 1.29 is 4.79 Å². The lowest BCUT2D eigenvalue weighted by Gasteiger charge is -2.29. The summed E-state index contributed by atoms with van der Waals surface area (Å²) in [6, 6.07) is 3.61. The van der Waals surface area contributed by atoms with Gasteiger partial charge in [-0.15, -0.1) is 0 Å². The summed E-state index contributed by atoms with van der Waals surface area (Å²) in [5, 5.41) is 6.23. The molecule has 98 valence electrons. The van der Waals surface area contributed by atoms with E-state index in [0.29, 0.717) is 5.92 Å². The Morgan fingerprint density at radius 3 is 3.00 bits per heavy atom. The van der Waals surface area contributed by atoms with Gasteiger partial charge in [0.25, 0.3) is 0 Å². The van der Waals surface area contributed by atoms with Gasteiger partial charge in [-0.1, -0.05) is 6.92 Å². The number of amides is 1. The van der Waals surface area contributed by atoms with Crippen molar-refractivity contribution in [1.29, 1.82) is 0 Å². The quantitative estimate of drug-likeness (QED) is 0.825. The van der Waals surface area contributed by atoms with Crippen LogP contribution in [-0.4, -0.2) is 23.5 Å². The molecule has 1 amide bonds. The van der Waals surface area contributed by atoms with Gasteiger partial charge in [0.2, 0.25) is 5.91 Å². The van der Waals surface area contributed by atoms with Gasteiger partial charge < -0.3 is 10.6 Å². The fraction of sp³-hybridized carbons (Fsp3) is 0.538. The molecule has 4 nitrogen and oxygen atoms in total. The Bertz CT molecular complexity index is 450. The van der Waals surface area contributed by atoms with Crippen molar-refractivity contribution in [3.8, 4) is 0 Å². The van der Waals surface area contributed by atoms with Crippen LogP contribution in [0.4, 0.5) is 5.69 Å². The third-order valence-electron chi connectivity index (χ3n) is 3.36. The molecule has 0 aromatic carbocycles. The molecule has 2 unspecified atom stereocenters. The molecule has 0 spiro atoms. The van der Waals surface area contributed by atoms with Crippen LogP contribution in [0.5, 0.6) is 0 Å². The number of nitrogens with one attached hydrogen (secondary N) is 2. The molecule has 0 saturated carbocycles. The molecule has 1 aromatic heterocycles. The fourth-order valence-electron chi connectivity index (χ4n) is 2.27. The average molecular weight is 312 g/mol. The second-order valence-electron chi connectivity index (χ2n) is 4.81. The highest BCUT2D eigenvalue weighted by atomic mass is 79.9. The third-order valence-corrected chi connectivity index (χ3v) is 3.80. The molecule has 0 radical (unpaired) electrons. The van der Waals surface area contributed by atoms with Crippen LogP contribution in [0, 0.1) is 12.8 Å². The molecular weight excluding hydrogens is 294 g/mol. The Morgan fingerprint density at radius 2 is 2.33 bits per heavy atom. The molecule has 1 aromatic rings. The normalized spacial score (nSPS) is 23.7. The van der Waals surface area contributed by atoms with Crippen LogP contribution in [0.15, 0.2) is 16.7 Å². The topological polar surface area (TPSA) is 54.0 Å². The van der Waals surface area contributed by atoms with E-state index in [1.807, 2.05) is 19.1 Å². The van der Waals surface area contributed by atoms with Crippen LogP contribution in [0.2, 0.25) is 0 Å². The zero-order valence-corrected chi connectivity index (χ0v) is 12.3. The van der Waals surface area contributed by atoms with Gasteiger partial charge >= 0.3 is 0 Å². The zero-order chi connectivity index (χ0) is 13.1. The Kier molecular flexibility index (Phi) is 4.35. The smallest absolute Gasteiger partial charge is 0.241 e. The van der Waals surface area contributed by atoms with Crippen LogP contribution < -0.4 is 10.6 Å². The van der Waals surface area contributed by atoms with Gasteiger partial charge in [0, 0.05) is 0 Å². The van der Waals surface area contributed by atoms with Crippen molar-refractivity contribution >= 4 is 27.5 Å². The summed E-state index contributed by atoms with van der Waals surface area (Å²) in [6.07, 6.45) is 2.24. The highest BCUT2D eigenvalue weighted by Crippen LogP contribution is 2.20. The maximum absolute atomic E-state index is 12.2. The highest BCUT2D eigenvalue weighted by Gasteiger charge is 2.27. The maximum atomic E-state index is 12.2. The largest absolute Gasteiger partial charge is 0.323 e. The molecule has 0 bridgehead atoms. The molecule has 1 aliphatic heterocycles. The number of hydrogen-bond donors (Lipinski definition) is 2. The molecule has 1 fully saturated rings. The number of halogens is 1. The lowest BCUT2D eigenvalue weighted by Crippen LogP contribution is -2.48. The monoisotopic (exact) mass is 311 g/mol. The first kappa shape index (κ1) is 13.5. The number of rotatable bonds is 2. The molecule has 2 atom stereocenters. The predicted octanol–water partition coefficient (Wildman–Crippen LogP) is 2.48. The van der Waals surface area contributed by atoms with E-state index in [-0.39, 0.29) is 11.9 Å². The number of hydrogen-bond acceptors (Lipinski definition) is 3. The third kappa shape index (κ3) is 3.09. The SMILES string of the molecule is Cc1nc(Br)ccc1NC(=O)C1NCCCC1C. The van der Waals surface area contributed by atoms with Gasteiger partial charge in [0.15, 0.2) is 0 Å². The highest BCUT2D eigenvalue weighted by molar-refractivity contribution is 9.10. The van der Waals surface area contributed by atoms with E-state index >= 15 is 0 Å². The second kappa shape index (κ2) is 5.80. The van der Waals surface area contributed by atoms with Gasteiger partial charge in [-0.3, -0.25) is 4.79 Å². The molecule has 18 heavy (non-hydrogen) atoms. The Hall–Kier alpha value is -0.940. The second-order valence-corrected chi connectivity index (χ2v) is 5.62. The van der Waals surface area contributed by atoms with Gasteiger partial charge in [-0.25, -0.2) is 4.98 Å². The van der Waals surface area contributed by atoms with E-state index < -0.39 is 0 Å². The number of nitrogens with zero attached hydrogens (tertiary/aromatic N) is 1. The Morgan fingerprint density at radius 1 is 1.56 bits per heavy atom. The van der Waals surface area contributed by atoms with Crippen molar-refractivity contribution in [3.05, 3.63) is 22.4 Å². The summed E-state index contributed by atoms with van der Waals surface area (Å²) < 4.78 is 0.780. The molecule has 2 heterocycles. The minimum atomic E-state index is -0.0956. The maximum Gasteiger partial charge on any atom is 0.241 e. The Balaban J connectivity index is 2.06. The summed E-state index contributed by atoms with van der Waals surface area (Å²) >= 11 is 3.31. The summed E-state index contributed by atoms with van der Waals surface area (Å²) in [5.41, 5.74) is 1.60. The molecule has 5 heteroatoms. The number of carbonyl (C=O) groups excluding carboxylic acids is 1. The molecular formula is C13H18BrN3O. The van der Waals surface area contributed by atoms with Crippen LogP contribution in [0.1, 0.15) is 25.5 Å². The number of carbonyl (C=O) groups is 1. The van der Waals surface area contributed by atoms with Crippen molar-refractivity contribution in [2.24, 2.45) is 5.92 Å². The van der Waals surface area contributed by atoms with Gasteiger partial charge in [0.1, 0.15) is 4.60 Å². The zero-order valence-electron chi connectivity index (χ0n) is 10.7. The van der Waals surface area contributed by atoms with Crippen LogP contribution in [0.3, 0.4) is 0 Å². The fourth-order valence-corrected chi connectivity index (χ4v) is 2.67. The van der Waals surface area contributed by atoms with Gasteiger partial charge in [0.05, 0.1) is 17.4 Å². The molecule has 2 rings (SSSR count). The van der Waals surface area contributed by atoms with Gasteiger partial charge in [-0.2, -0.15) is 0 Å². The lowest BCUT2D eigenvalue weighted by molar-refractivity contribution is -0.119. The number of aromatic nitrogens is 1. The number of aryl methyl sites for hydroxylation is 1. The summed E-state index contributed by atoms with van der Waals surface area (Å²) in [7, 11) is 0. The van der Waals surface area contributed by atoms with Gasteiger partial charge in [-0.05, 0) is 60.3 Å². The van der Waals surface area contributed by atoms with Crippen molar-refractivity contribution in [1.82, 2.24) is 10.3 Å². The van der Waals surface area contributed by atoms with E-state index in [1.165, 1.54) is 0 Å². The molecule has 1 saturated heterocycles. The number of piperidine rings is 1. The van der Waals surface area contributed by atoms with Crippen molar-refractivity contribution in [2.75, 3.05) is 11.9 Å². The van der Waals surface area contributed by atoms with Crippen molar-refractivity contribution in [3.63, 3.8) is 0 Å². The first-order chi connectivity index (χ1) is 8.58. The number of pyridine rings is 1. The van der Waals surface area contributed by atoms with E-state index in [9.17, 15) is 4.79 Å². The summed E-state index contributed by atoms with van der Waals surface area (Å²) in [4.78, 5) is 16.5. The minimum absolute atomic E-state index is 0.0365. The van der Waals surface area contributed by atoms with E-state index in [4.69, 9.17) is 0 Å². The minimum Gasteiger partial charge on any atom is -0.323 e. The van der Waals surface area contributed by atoms with Crippen molar-refractivity contribution in [2.45, 2.75) is 32.7 Å². The van der Waals surface area contributed by atoms with Crippen LogP contribution >= 0.6 is 15.9 Å². The lowest BCUT2D eigenvalue weighted by atomic mass is 9.92. The van der Waals surface area contributed by atoms with E-state index in [1.54, 1.807) is 0 Å². The first-order valence-electron chi connectivity index (χ1n) is 6.25. The van der Waals surface area contributed by atoms with Crippen LogP contribution in [-0.2, 0) is 4.79 Å². The first-order valence-corrected chi connectivity index (χ1v) is 7.04. The Labute approximate surface area is 116 Å².